The molecule has 0 aliphatic rings. The number of anilines is 1. The highest BCUT2D eigenvalue weighted by Gasteiger charge is 2.29. The third-order valence-corrected chi connectivity index (χ3v) is 3.38. The molecule has 0 atom stereocenters. The van der Waals surface area contributed by atoms with Crippen molar-refractivity contribution < 1.29 is 22.7 Å². The van der Waals surface area contributed by atoms with Crippen molar-refractivity contribution in [3.05, 3.63) is 59.1 Å². The maximum atomic E-state index is 12.4. The van der Waals surface area contributed by atoms with E-state index in [1.807, 2.05) is 0 Å². The fraction of sp³-hybridized carbons (Fsp3) is 0.235. The second-order valence-electron chi connectivity index (χ2n) is 5.03. The Morgan fingerprint density at radius 3 is 2.25 bits per heavy atom. The first-order valence-electron chi connectivity index (χ1n) is 7.20. The predicted molar refractivity (Wildman–Crippen MR) is 86.3 cm³/mol. The van der Waals surface area contributed by atoms with Crippen LogP contribution in [0.2, 0.25) is 5.02 Å². The third-order valence-electron chi connectivity index (χ3n) is 3.13. The van der Waals surface area contributed by atoms with Crippen molar-refractivity contribution in [2.45, 2.75) is 19.0 Å². The molecule has 0 saturated heterocycles. The number of carbonyl (C=O) groups excluding carboxylic acids is 1. The van der Waals surface area contributed by atoms with E-state index in [0.717, 1.165) is 12.1 Å². The second-order valence-corrected chi connectivity index (χ2v) is 5.47. The van der Waals surface area contributed by atoms with E-state index in [4.69, 9.17) is 16.3 Å². The molecule has 0 radical (unpaired) electrons. The summed E-state index contributed by atoms with van der Waals surface area (Å²) in [6, 6.07) is 11.2. The molecule has 0 heterocycles. The zero-order chi connectivity index (χ0) is 17.6. The first-order valence-corrected chi connectivity index (χ1v) is 7.58. The van der Waals surface area contributed by atoms with Gasteiger partial charge in [0.2, 0.25) is 5.91 Å². The van der Waals surface area contributed by atoms with Crippen molar-refractivity contribution in [1.29, 1.82) is 0 Å². The molecule has 0 aromatic heterocycles. The molecule has 128 valence electrons. The number of amides is 1. The van der Waals surface area contributed by atoms with Crippen molar-refractivity contribution in [3.8, 4) is 5.75 Å². The highest BCUT2D eigenvalue weighted by molar-refractivity contribution is 6.30. The minimum absolute atomic E-state index is 0.203. The number of carbonyl (C=O) groups is 1. The van der Waals surface area contributed by atoms with E-state index in [9.17, 15) is 18.0 Å². The topological polar surface area (TPSA) is 38.3 Å². The number of hydrogen-bond acceptors (Lipinski definition) is 2. The quantitative estimate of drug-likeness (QED) is 0.725. The van der Waals surface area contributed by atoms with Crippen LogP contribution in [0.3, 0.4) is 0 Å². The van der Waals surface area contributed by atoms with Crippen LogP contribution in [0.4, 0.5) is 18.9 Å². The van der Waals surface area contributed by atoms with Gasteiger partial charge in [0.05, 0.1) is 12.2 Å². The number of ether oxygens (including phenoxy) is 1. The Morgan fingerprint density at radius 1 is 1.04 bits per heavy atom. The van der Waals surface area contributed by atoms with Crippen LogP contribution in [0, 0.1) is 0 Å². The Morgan fingerprint density at radius 2 is 1.67 bits per heavy atom. The van der Waals surface area contributed by atoms with Gasteiger partial charge in [0.1, 0.15) is 5.75 Å². The molecule has 3 nitrogen and oxygen atoms in total. The molecule has 1 N–H and O–H groups in total. The monoisotopic (exact) mass is 357 g/mol. The van der Waals surface area contributed by atoms with Crippen molar-refractivity contribution in [3.63, 3.8) is 0 Å². The van der Waals surface area contributed by atoms with Gasteiger partial charge in [-0.05, 0) is 55.0 Å². The van der Waals surface area contributed by atoms with Gasteiger partial charge in [-0.2, -0.15) is 13.2 Å². The van der Waals surface area contributed by atoms with Gasteiger partial charge < -0.3 is 10.1 Å². The minimum atomic E-state index is -4.39. The highest BCUT2D eigenvalue weighted by atomic mass is 35.5. The maximum absolute atomic E-state index is 12.4. The number of alkyl halides is 3. The van der Waals surface area contributed by atoms with Gasteiger partial charge in [-0.15, -0.1) is 0 Å². The number of rotatable bonds is 6. The number of halogens is 4. The largest absolute Gasteiger partial charge is 0.494 e. The fourth-order valence-electron chi connectivity index (χ4n) is 1.92. The van der Waals surface area contributed by atoms with E-state index in [-0.39, 0.29) is 12.3 Å². The second kappa shape index (κ2) is 8.06. The maximum Gasteiger partial charge on any atom is 0.416 e. The van der Waals surface area contributed by atoms with E-state index in [1.54, 1.807) is 24.3 Å². The van der Waals surface area contributed by atoms with Gasteiger partial charge in [0.25, 0.3) is 0 Å². The lowest BCUT2D eigenvalue weighted by atomic mass is 10.2. The van der Waals surface area contributed by atoms with Crippen LogP contribution in [-0.2, 0) is 11.0 Å². The van der Waals surface area contributed by atoms with Gasteiger partial charge in [0, 0.05) is 17.1 Å². The minimum Gasteiger partial charge on any atom is -0.494 e. The third kappa shape index (κ3) is 5.77. The SMILES string of the molecule is O=C(CCCOc1ccc(Cl)cc1)Nc1ccc(C(F)(F)F)cc1. The van der Waals surface area contributed by atoms with E-state index in [2.05, 4.69) is 5.32 Å². The Hall–Kier alpha value is -2.21. The Labute approximate surface area is 142 Å². The van der Waals surface area contributed by atoms with E-state index >= 15 is 0 Å². The highest BCUT2D eigenvalue weighted by Crippen LogP contribution is 2.29. The molecule has 2 rings (SSSR count). The summed E-state index contributed by atoms with van der Waals surface area (Å²) >= 11 is 5.76. The first-order chi connectivity index (χ1) is 11.3. The van der Waals surface area contributed by atoms with Crippen LogP contribution in [-0.4, -0.2) is 12.5 Å². The number of benzene rings is 2. The summed E-state index contributed by atoms with van der Waals surface area (Å²) in [6.45, 7) is 0.349. The lowest BCUT2D eigenvalue weighted by Gasteiger charge is -2.09. The first kappa shape index (κ1) is 18.1. The molecule has 7 heteroatoms. The summed E-state index contributed by atoms with van der Waals surface area (Å²) in [6.07, 6.45) is -3.70. The molecule has 1 amide bonds. The van der Waals surface area contributed by atoms with Crippen LogP contribution in [0.1, 0.15) is 18.4 Å². The molecule has 0 bridgehead atoms. The van der Waals surface area contributed by atoms with Crippen molar-refractivity contribution in [2.75, 3.05) is 11.9 Å². The molecule has 2 aromatic rings. The van der Waals surface area contributed by atoms with Crippen molar-refractivity contribution in [2.24, 2.45) is 0 Å². The molecular formula is C17H15ClF3NO2. The van der Waals surface area contributed by atoms with E-state index < -0.39 is 11.7 Å². The Bertz CT molecular complexity index is 670. The molecule has 24 heavy (non-hydrogen) atoms. The molecular weight excluding hydrogens is 343 g/mol. The van der Waals surface area contributed by atoms with Crippen molar-refractivity contribution >= 4 is 23.2 Å². The van der Waals surface area contributed by atoms with Gasteiger partial charge in [-0.3, -0.25) is 4.79 Å². The zero-order valence-corrected chi connectivity index (χ0v) is 13.3. The van der Waals surface area contributed by atoms with E-state index in [0.29, 0.717) is 29.5 Å². The summed E-state index contributed by atoms with van der Waals surface area (Å²) in [4.78, 5) is 11.7. The molecule has 0 spiro atoms. The molecule has 0 aliphatic heterocycles. The van der Waals surface area contributed by atoms with Crippen molar-refractivity contribution in [1.82, 2.24) is 0 Å². The fourth-order valence-corrected chi connectivity index (χ4v) is 2.05. The smallest absolute Gasteiger partial charge is 0.416 e. The van der Waals surface area contributed by atoms with Gasteiger partial charge in [0.15, 0.2) is 0 Å². The number of hydrogen-bond donors (Lipinski definition) is 1. The average Bonchev–Trinajstić information content (AvgIpc) is 2.53. The summed E-state index contributed by atoms with van der Waals surface area (Å²) in [5.41, 5.74) is -0.427. The van der Waals surface area contributed by atoms with Crippen LogP contribution in [0.15, 0.2) is 48.5 Å². The summed E-state index contributed by atoms with van der Waals surface area (Å²) in [7, 11) is 0. The van der Waals surface area contributed by atoms with Gasteiger partial charge >= 0.3 is 6.18 Å². The lowest BCUT2D eigenvalue weighted by Crippen LogP contribution is -2.13. The average molecular weight is 358 g/mol. The predicted octanol–water partition coefficient (Wildman–Crippen LogP) is 5.16. The standard InChI is InChI=1S/C17H15ClF3NO2/c18-13-5-9-15(10-6-13)24-11-1-2-16(23)22-14-7-3-12(4-8-14)17(19,20)21/h3-10H,1-2,11H2,(H,22,23). The Balaban J connectivity index is 1.72. The number of nitrogens with one attached hydrogen (secondary N) is 1. The van der Waals surface area contributed by atoms with E-state index in [1.165, 1.54) is 12.1 Å². The van der Waals surface area contributed by atoms with Crippen LogP contribution >= 0.6 is 11.6 Å². The molecule has 0 unspecified atom stereocenters. The normalized spacial score (nSPS) is 11.2. The van der Waals surface area contributed by atoms with Crippen LogP contribution < -0.4 is 10.1 Å². The molecule has 2 aromatic carbocycles. The Kier molecular flexibility index (Phi) is 6.09. The molecule has 0 saturated carbocycles. The van der Waals surface area contributed by atoms with Crippen LogP contribution in [0.5, 0.6) is 5.75 Å². The lowest BCUT2D eigenvalue weighted by molar-refractivity contribution is -0.137. The molecule has 0 fully saturated rings. The molecule has 0 aliphatic carbocycles. The zero-order valence-electron chi connectivity index (χ0n) is 12.6. The summed E-state index contributed by atoms with van der Waals surface area (Å²) in [5, 5.41) is 3.16. The summed E-state index contributed by atoms with van der Waals surface area (Å²) < 4.78 is 42.8. The van der Waals surface area contributed by atoms with Gasteiger partial charge in [-0.25, -0.2) is 0 Å². The summed E-state index contributed by atoms with van der Waals surface area (Å²) in [5.74, 6) is 0.372. The van der Waals surface area contributed by atoms with Gasteiger partial charge in [-0.1, -0.05) is 11.6 Å². The van der Waals surface area contributed by atoms with Crippen LogP contribution in [0.25, 0.3) is 0 Å².